The molecule has 2 aromatic rings. The predicted molar refractivity (Wildman–Crippen MR) is 120 cm³/mol. The van der Waals surface area contributed by atoms with Gasteiger partial charge in [0.2, 0.25) is 11.8 Å². The Morgan fingerprint density at radius 1 is 1.00 bits per heavy atom. The molecule has 4 heteroatoms. The maximum Gasteiger partial charge on any atom is 0.225 e. The molecule has 4 rings (SSSR count). The molecule has 0 aromatic heterocycles. The minimum atomic E-state index is -0.000513. The minimum absolute atomic E-state index is 0.000513. The van der Waals surface area contributed by atoms with Crippen molar-refractivity contribution in [1.29, 1.82) is 0 Å². The fraction of sp³-hybridized carbons (Fsp3) is 0.385. The van der Waals surface area contributed by atoms with Gasteiger partial charge in [-0.3, -0.25) is 9.59 Å². The summed E-state index contributed by atoms with van der Waals surface area (Å²) in [6.45, 7) is 5.23. The van der Waals surface area contributed by atoms with Gasteiger partial charge in [-0.2, -0.15) is 0 Å². The molecule has 2 amide bonds. The summed E-state index contributed by atoms with van der Waals surface area (Å²) < 4.78 is 0. The van der Waals surface area contributed by atoms with E-state index in [0.29, 0.717) is 12.3 Å². The van der Waals surface area contributed by atoms with Crippen molar-refractivity contribution in [2.75, 3.05) is 13.1 Å². The predicted octanol–water partition coefficient (Wildman–Crippen LogP) is 4.53. The number of rotatable bonds is 6. The van der Waals surface area contributed by atoms with E-state index in [2.05, 4.69) is 60.4 Å². The lowest BCUT2D eigenvalue weighted by atomic mass is 9.78. The largest absolute Gasteiger partial charge is 0.353 e. The van der Waals surface area contributed by atoms with Crippen LogP contribution in [0.15, 0.2) is 67.3 Å². The van der Waals surface area contributed by atoms with Gasteiger partial charge in [0.1, 0.15) is 0 Å². The van der Waals surface area contributed by atoms with Crippen LogP contribution in [0.25, 0.3) is 11.1 Å². The fourth-order valence-electron chi connectivity index (χ4n) is 4.65. The smallest absolute Gasteiger partial charge is 0.225 e. The topological polar surface area (TPSA) is 49.4 Å². The van der Waals surface area contributed by atoms with E-state index >= 15 is 0 Å². The number of carbonyl (C=O) groups is 2. The molecule has 30 heavy (non-hydrogen) atoms. The molecule has 1 saturated heterocycles. The number of piperidine rings is 1. The Labute approximate surface area is 179 Å². The molecular weight excluding hydrogens is 372 g/mol. The van der Waals surface area contributed by atoms with E-state index < -0.39 is 0 Å². The highest BCUT2D eigenvalue weighted by molar-refractivity contribution is 5.81. The van der Waals surface area contributed by atoms with Crippen molar-refractivity contribution in [2.45, 2.75) is 44.1 Å². The first-order chi connectivity index (χ1) is 14.6. The normalized spacial score (nSPS) is 21.5. The van der Waals surface area contributed by atoms with Gasteiger partial charge in [0.05, 0.1) is 0 Å². The Hall–Kier alpha value is -2.88. The Bertz CT molecular complexity index is 894. The zero-order valence-corrected chi connectivity index (χ0v) is 17.4. The van der Waals surface area contributed by atoms with E-state index in [9.17, 15) is 9.59 Å². The van der Waals surface area contributed by atoms with E-state index in [4.69, 9.17) is 0 Å². The second kappa shape index (κ2) is 9.29. The average Bonchev–Trinajstić information content (AvgIpc) is 2.76. The lowest BCUT2D eigenvalue weighted by Gasteiger charge is -2.40. The van der Waals surface area contributed by atoms with Crippen LogP contribution in [0.3, 0.4) is 0 Å². The maximum atomic E-state index is 12.8. The second-order valence-electron chi connectivity index (χ2n) is 8.52. The molecule has 0 unspecified atom stereocenters. The third-order valence-corrected chi connectivity index (χ3v) is 6.45. The van der Waals surface area contributed by atoms with Crippen molar-refractivity contribution >= 4 is 11.8 Å². The molecule has 0 radical (unpaired) electrons. The van der Waals surface area contributed by atoms with Gasteiger partial charge in [-0.25, -0.2) is 0 Å². The molecule has 0 spiro atoms. The van der Waals surface area contributed by atoms with Gasteiger partial charge in [0.15, 0.2) is 0 Å². The number of nitrogens with zero attached hydrogens (tertiary/aromatic N) is 1. The summed E-state index contributed by atoms with van der Waals surface area (Å²) in [6.07, 6.45) is 5.50. The standard InChI is InChI=1S/C26H30N2O2/c1-2-7-25(29)27-24-17-23(18-24)26(30)28-14-12-20(13-15-28)22-11-6-10-21(16-22)19-8-4-3-5-9-19/h2-6,8-11,16,20,23-24H,1,7,12-15,17-18H2,(H,27,29). The highest BCUT2D eigenvalue weighted by atomic mass is 16.2. The first-order valence-corrected chi connectivity index (χ1v) is 11.0. The van der Waals surface area contributed by atoms with Gasteiger partial charge >= 0.3 is 0 Å². The minimum Gasteiger partial charge on any atom is -0.353 e. The van der Waals surface area contributed by atoms with Crippen molar-refractivity contribution in [3.8, 4) is 11.1 Å². The molecule has 2 aliphatic rings. The van der Waals surface area contributed by atoms with Crippen LogP contribution < -0.4 is 5.32 Å². The van der Waals surface area contributed by atoms with Crippen molar-refractivity contribution in [2.24, 2.45) is 5.92 Å². The van der Waals surface area contributed by atoms with E-state index in [-0.39, 0.29) is 23.8 Å². The summed E-state index contributed by atoms with van der Waals surface area (Å²) >= 11 is 0. The van der Waals surface area contributed by atoms with Crippen LogP contribution in [-0.4, -0.2) is 35.8 Å². The van der Waals surface area contributed by atoms with Crippen molar-refractivity contribution in [1.82, 2.24) is 10.2 Å². The summed E-state index contributed by atoms with van der Waals surface area (Å²) in [4.78, 5) is 26.5. The average molecular weight is 403 g/mol. The second-order valence-corrected chi connectivity index (χ2v) is 8.52. The number of benzene rings is 2. The van der Waals surface area contributed by atoms with Crippen LogP contribution in [0.4, 0.5) is 0 Å². The molecule has 1 aliphatic carbocycles. The summed E-state index contributed by atoms with van der Waals surface area (Å²) in [5, 5.41) is 2.97. The summed E-state index contributed by atoms with van der Waals surface area (Å²) in [7, 11) is 0. The van der Waals surface area contributed by atoms with E-state index in [1.165, 1.54) is 16.7 Å². The van der Waals surface area contributed by atoms with Crippen LogP contribution in [-0.2, 0) is 9.59 Å². The zero-order valence-electron chi connectivity index (χ0n) is 17.4. The van der Waals surface area contributed by atoms with Crippen molar-refractivity contribution in [3.05, 3.63) is 72.8 Å². The van der Waals surface area contributed by atoms with Crippen LogP contribution in [0.5, 0.6) is 0 Å². The van der Waals surface area contributed by atoms with Gasteiger partial charge < -0.3 is 10.2 Å². The van der Waals surface area contributed by atoms with E-state index in [0.717, 1.165) is 38.8 Å². The van der Waals surface area contributed by atoms with E-state index in [1.807, 2.05) is 11.0 Å². The van der Waals surface area contributed by atoms with Crippen molar-refractivity contribution in [3.63, 3.8) is 0 Å². The monoisotopic (exact) mass is 402 g/mol. The lowest BCUT2D eigenvalue weighted by molar-refractivity contribution is -0.141. The molecule has 1 N–H and O–H groups in total. The number of hydrogen-bond donors (Lipinski definition) is 1. The molecule has 1 saturated carbocycles. The first kappa shape index (κ1) is 20.4. The molecule has 2 fully saturated rings. The van der Waals surface area contributed by atoms with Gasteiger partial charge in [-0.15, -0.1) is 6.58 Å². The number of carbonyl (C=O) groups excluding carboxylic acids is 2. The molecule has 156 valence electrons. The molecule has 2 aromatic carbocycles. The highest BCUT2D eigenvalue weighted by Crippen LogP contribution is 2.34. The maximum absolute atomic E-state index is 12.8. The molecule has 1 aliphatic heterocycles. The summed E-state index contributed by atoms with van der Waals surface area (Å²) in [5.74, 6) is 0.835. The van der Waals surface area contributed by atoms with Gasteiger partial charge in [0.25, 0.3) is 0 Å². The number of nitrogens with one attached hydrogen (secondary N) is 1. The Morgan fingerprint density at radius 2 is 1.70 bits per heavy atom. The Balaban J connectivity index is 1.28. The Kier molecular flexibility index (Phi) is 6.32. The number of likely N-dealkylation sites (tertiary alicyclic amines) is 1. The molecular formula is C26H30N2O2. The molecule has 0 bridgehead atoms. The summed E-state index contributed by atoms with van der Waals surface area (Å²) in [5.41, 5.74) is 3.87. The SMILES string of the molecule is C=CCC(=O)NC1CC(C(=O)N2CCC(c3cccc(-c4ccccc4)c3)CC2)C1. The molecule has 0 atom stereocenters. The highest BCUT2D eigenvalue weighted by Gasteiger charge is 2.38. The molecule has 1 heterocycles. The Morgan fingerprint density at radius 3 is 2.40 bits per heavy atom. The summed E-state index contributed by atoms with van der Waals surface area (Å²) in [6, 6.07) is 19.5. The first-order valence-electron chi connectivity index (χ1n) is 11.0. The quantitative estimate of drug-likeness (QED) is 0.722. The fourth-order valence-corrected chi connectivity index (χ4v) is 4.65. The van der Waals surface area contributed by atoms with Gasteiger partial charge in [-0.05, 0) is 48.3 Å². The number of amides is 2. The van der Waals surface area contributed by atoms with Crippen molar-refractivity contribution < 1.29 is 9.59 Å². The molecule has 4 nitrogen and oxygen atoms in total. The third kappa shape index (κ3) is 4.64. The van der Waals surface area contributed by atoms with Crippen LogP contribution >= 0.6 is 0 Å². The van der Waals surface area contributed by atoms with Crippen LogP contribution in [0.1, 0.15) is 43.6 Å². The van der Waals surface area contributed by atoms with Gasteiger partial charge in [0, 0.05) is 31.5 Å². The lowest BCUT2D eigenvalue weighted by Crippen LogP contribution is -2.51. The van der Waals surface area contributed by atoms with Crippen LogP contribution in [0, 0.1) is 5.92 Å². The third-order valence-electron chi connectivity index (χ3n) is 6.45. The van der Waals surface area contributed by atoms with Crippen LogP contribution in [0.2, 0.25) is 0 Å². The van der Waals surface area contributed by atoms with E-state index in [1.54, 1.807) is 6.08 Å². The number of hydrogen-bond acceptors (Lipinski definition) is 2. The van der Waals surface area contributed by atoms with Gasteiger partial charge in [-0.1, -0.05) is 60.7 Å². The zero-order chi connectivity index (χ0) is 20.9.